The molecule has 0 aliphatic carbocycles. The lowest BCUT2D eigenvalue weighted by atomic mass is 9.86. The zero-order valence-electron chi connectivity index (χ0n) is 17.8. The average Bonchev–Trinajstić information content (AvgIpc) is 2.68. The third-order valence-corrected chi connectivity index (χ3v) is 6.81. The zero-order chi connectivity index (χ0) is 19.7. The molecule has 4 nitrogen and oxygen atoms in total. The molecule has 4 rings (SSSR count). The van der Waals surface area contributed by atoms with Gasteiger partial charge in [0.25, 0.3) is 0 Å². The number of hydrogen-bond acceptors (Lipinski definition) is 4. The quantitative estimate of drug-likeness (QED) is 0.786. The van der Waals surface area contributed by atoms with Crippen molar-refractivity contribution in [3.05, 3.63) is 59.9 Å². The fraction of sp³-hybridized carbons (Fsp3) is 0.542. The van der Waals surface area contributed by atoms with Crippen LogP contribution in [0, 0.1) is 0 Å². The number of benzene rings is 1. The second-order valence-corrected chi connectivity index (χ2v) is 9.11. The van der Waals surface area contributed by atoms with Crippen molar-refractivity contribution in [1.82, 2.24) is 14.8 Å². The summed E-state index contributed by atoms with van der Waals surface area (Å²) in [5.74, 6) is 0.711. The first kappa shape index (κ1) is 19.4. The molecule has 28 heavy (non-hydrogen) atoms. The maximum absolute atomic E-state index is 4.27. The highest BCUT2D eigenvalue weighted by molar-refractivity contribution is 5.44. The van der Waals surface area contributed by atoms with Crippen molar-refractivity contribution in [2.45, 2.75) is 45.2 Å². The molecule has 2 fully saturated rings. The van der Waals surface area contributed by atoms with E-state index in [0.29, 0.717) is 12.0 Å². The molecule has 2 aliphatic heterocycles. The van der Waals surface area contributed by atoms with Crippen molar-refractivity contribution in [3.63, 3.8) is 0 Å². The summed E-state index contributed by atoms with van der Waals surface area (Å²) in [6.07, 6.45) is 3.82. The topological polar surface area (TPSA) is 22.6 Å². The van der Waals surface area contributed by atoms with Gasteiger partial charge in [-0.05, 0) is 51.0 Å². The van der Waals surface area contributed by atoms with Crippen LogP contribution in [0.2, 0.25) is 0 Å². The Kier molecular flexibility index (Phi) is 5.44. The molecule has 2 saturated heterocycles. The van der Waals surface area contributed by atoms with Crippen LogP contribution >= 0.6 is 0 Å². The first-order valence-electron chi connectivity index (χ1n) is 10.7. The lowest BCUT2D eigenvalue weighted by Gasteiger charge is -2.45. The second-order valence-electron chi connectivity index (χ2n) is 9.11. The predicted octanol–water partition coefficient (Wildman–Crippen LogP) is 3.95. The van der Waals surface area contributed by atoms with E-state index in [1.165, 1.54) is 29.9 Å². The smallest absolute Gasteiger partial charge is 0.0553 e. The first-order valence-corrected chi connectivity index (χ1v) is 10.7. The SMILES string of the molecule is CC(C)N1CC(c2ccc(C(C)(C)N3CCN(c4cccnc4)CC3)cc2)C1. The van der Waals surface area contributed by atoms with E-state index in [1.54, 1.807) is 0 Å². The predicted molar refractivity (Wildman–Crippen MR) is 117 cm³/mol. The van der Waals surface area contributed by atoms with E-state index in [4.69, 9.17) is 0 Å². The van der Waals surface area contributed by atoms with Crippen molar-refractivity contribution in [3.8, 4) is 0 Å². The van der Waals surface area contributed by atoms with Gasteiger partial charge >= 0.3 is 0 Å². The Morgan fingerprint density at radius 3 is 2.21 bits per heavy atom. The molecule has 4 heteroatoms. The Morgan fingerprint density at radius 1 is 0.964 bits per heavy atom. The largest absolute Gasteiger partial charge is 0.368 e. The normalized spacial score (nSPS) is 19.8. The van der Waals surface area contributed by atoms with Gasteiger partial charge in [0.05, 0.1) is 11.9 Å². The number of anilines is 1. The molecule has 0 bridgehead atoms. The average molecular weight is 379 g/mol. The van der Waals surface area contributed by atoms with Gasteiger partial charge in [-0.1, -0.05) is 24.3 Å². The molecule has 0 saturated carbocycles. The van der Waals surface area contributed by atoms with E-state index in [0.717, 1.165) is 26.2 Å². The molecule has 1 aromatic carbocycles. The fourth-order valence-corrected chi connectivity index (χ4v) is 4.56. The lowest BCUT2D eigenvalue weighted by Crippen LogP contribution is -2.53. The Hall–Kier alpha value is -1.91. The van der Waals surface area contributed by atoms with E-state index in [2.05, 4.69) is 77.7 Å². The van der Waals surface area contributed by atoms with Gasteiger partial charge in [0.2, 0.25) is 0 Å². The van der Waals surface area contributed by atoms with E-state index in [-0.39, 0.29) is 5.54 Å². The van der Waals surface area contributed by atoms with Gasteiger partial charge in [0, 0.05) is 63.0 Å². The van der Waals surface area contributed by atoms with Gasteiger partial charge in [0.1, 0.15) is 0 Å². The Morgan fingerprint density at radius 2 is 1.64 bits per heavy atom. The molecule has 2 aliphatic rings. The van der Waals surface area contributed by atoms with Gasteiger partial charge in [-0.2, -0.15) is 0 Å². The van der Waals surface area contributed by atoms with Gasteiger partial charge in [-0.15, -0.1) is 0 Å². The lowest BCUT2D eigenvalue weighted by molar-refractivity contribution is 0.108. The number of hydrogen-bond donors (Lipinski definition) is 0. The molecular weight excluding hydrogens is 344 g/mol. The van der Waals surface area contributed by atoms with Crippen LogP contribution in [0.15, 0.2) is 48.8 Å². The maximum Gasteiger partial charge on any atom is 0.0553 e. The fourth-order valence-electron chi connectivity index (χ4n) is 4.56. The van der Waals surface area contributed by atoms with Gasteiger partial charge in [-0.3, -0.25) is 14.8 Å². The molecule has 150 valence electrons. The first-order chi connectivity index (χ1) is 13.4. The molecule has 0 spiro atoms. The van der Waals surface area contributed by atoms with Crippen LogP contribution in [0.5, 0.6) is 0 Å². The van der Waals surface area contributed by atoms with Crippen LogP contribution in [0.4, 0.5) is 5.69 Å². The minimum absolute atomic E-state index is 0.0587. The summed E-state index contributed by atoms with van der Waals surface area (Å²) >= 11 is 0. The third-order valence-electron chi connectivity index (χ3n) is 6.81. The van der Waals surface area contributed by atoms with Gasteiger partial charge < -0.3 is 4.90 Å². The summed E-state index contributed by atoms with van der Waals surface area (Å²) in [5, 5.41) is 0. The van der Waals surface area contributed by atoms with Gasteiger partial charge in [0.15, 0.2) is 0 Å². The highest BCUT2D eigenvalue weighted by atomic mass is 15.3. The summed E-state index contributed by atoms with van der Waals surface area (Å²) in [6, 6.07) is 14.3. The standard InChI is InChI=1S/C24H34N4/c1-19(2)27-17-21(18-27)20-7-9-22(10-8-20)24(3,4)28-14-12-26(13-15-28)23-6-5-11-25-16-23/h5-11,16,19,21H,12-15,17-18H2,1-4H3. The van der Waals surface area contributed by atoms with E-state index < -0.39 is 0 Å². The summed E-state index contributed by atoms with van der Waals surface area (Å²) in [4.78, 5) is 11.9. The molecule has 0 unspecified atom stereocenters. The minimum Gasteiger partial charge on any atom is -0.368 e. The summed E-state index contributed by atoms with van der Waals surface area (Å²) in [5.41, 5.74) is 4.22. The zero-order valence-corrected chi connectivity index (χ0v) is 17.8. The summed E-state index contributed by atoms with van der Waals surface area (Å²) in [7, 11) is 0. The molecule has 3 heterocycles. The van der Waals surface area contributed by atoms with Crippen LogP contribution < -0.4 is 4.90 Å². The molecule has 0 N–H and O–H groups in total. The number of aromatic nitrogens is 1. The molecule has 0 atom stereocenters. The van der Waals surface area contributed by atoms with Gasteiger partial charge in [-0.25, -0.2) is 0 Å². The Balaban J connectivity index is 1.37. The molecule has 0 amide bonds. The van der Waals surface area contributed by atoms with E-state index in [1.807, 2.05) is 18.5 Å². The molecule has 2 aromatic rings. The summed E-state index contributed by atoms with van der Waals surface area (Å²) in [6.45, 7) is 16.0. The van der Waals surface area contributed by atoms with E-state index >= 15 is 0 Å². The monoisotopic (exact) mass is 378 g/mol. The van der Waals surface area contributed by atoms with Crippen molar-refractivity contribution in [2.24, 2.45) is 0 Å². The van der Waals surface area contributed by atoms with Crippen LogP contribution in [0.1, 0.15) is 44.7 Å². The number of pyridine rings is 1. The number of piperazine rings is 1. The number of nitrogens with zero attached hydrogens (tertiary/aromatic N) is 4. The van der Waals surface area contributed by atoms with Crippen molar-refractivity contribution < 1.29 is 0 Å². The van der Waals surface area contributed by atoms with Crippen LogP contribution in [-0.4, -0.2) is 60.1 Å². The molecular formula is C24H34N4. The Bertz CT molecular complexity index is 755. The number of rotatable bonds is 5. The summed E-state index contributed by atoms with van der Waals surface area (Å²) < 4.78 is 0. The minimum atomic E-state index is 0.0587. The van der Waals surface area contributed by atoms with Crippen LogP contribution in [0.25, 0.3) is 0 Å². The highest BCUT2D eigenvalue weighted by Gasteiger charge is 2.33. The molecule has 1 aromatic heterocycles. The van der Waals surface area contributed by atoms with Crippen molar-refractivity contribution in [2.75, 3.05) is 44.2 Å². The molecule has 0 radical (unpaired) electrons. The number of likely N-dealkylation sites (tertiary alicyclic amines) is 1. The van der Waals surface area contributed by atoms with Crippen molar-refractivity contribution >= 4 is 5.69 Å². The Labute approximate surface area is 170 Å². The van der Waals surface area contributed by atoms with E-state index in [9.17, 15) is 0 Å². The highest BCUT2D eigenvalue weighted by Crippen LogP contribution is 2.33. The third kappa shape index (κ3) is 3.81. The van der Waals surface area contributed by atoms with Crippen molar-refractivity contribution in [1.29, 1.82) is 0 Å². The second kappa shape index (κ2) is 7.84. The maximum atomic E-state index is 4.27. The van der Waals surface area contributed by atoms with Crippen LogP contribution in [0.3, 0.4) is 0 Å². The van der Waals surface area contributed by atoms with Crippen LogP contribution in [-0.2, 0) is 5.54 Å².